The number of aromatic amines is 1. The minimum atomic E-state index is -0.416. The fourth-order valence-corrected chi connectivity index (χ4v) is 3.19. The van der Waals surface area contributed by atoms with Crippen LogP contribution < -0.4 is 5.46 Å². The minimum Gasteiger partial charge on any atom is -0.399 e. The SMILES string of the molecule is Cc1cc(-c2ccc(B3OC(C)(C)C(C)(C)O3)c3[nH]ncc23)ccn1. The van der Waals surface area contributed by atoms with Gasteiger partial charge in [0.2, 0.25) is 0 Å². The van der Waals surface area contributed by atoms with E-state index in [1.807, 2.05) is 25.4 Å². The van der Waals surface area contributed by atoms with E-state index in [0.29, 0.717) is 0 Å². The van der Waals surface area contributed by atoms with Crippen LogP contribution in [0.3, 0.4) is 0 Å². The number of hydrogen-bond donors (Lipinski definition) is 1. The van der Waals surface area contributed by atoms with Gasteiger partial charge in [0.25, 0.3) is 0 Å². The van der Waals surface area contributed by atoms with Gasteiger partial charge >= 0.3 is 7.12 Å². The van der Waals surface area contributed by atoms with E-state index in [1.165, 1.54) is 0 Å². The van der Waals surface area contributed by atoms with Crippen molar-refractivity contribution in [1.82, 2.24) is 15.2 Å². The van der Waals surface area contributed by atoms with E-state index in [0.717, 1.165) is 33.2 Å². The number of pyridine rings is 1. The number of fused-ring (bicyclic) bond motifs is 1. The lowest BCUT2D eigenvalue weighted by Gasteiger charge is -2.32. The van der Waals surface area contributed by atoms with E-state index in [9.17, 15) is 0 Å². The van der Waals surface area contributed by atoms with Crippen molar-refractivity contribution in [2.75, 3.05) is 0 Å². The molecule has 1 aliphatic rings. The number of hydrogen-bond acceptors (Lipinski definition) is 4. The van der Waals surface area contributed by atoms with Gasteiger partial charge in [-0.1, -0.05) is 12.1 Å². The van der Waals surface area contributed by atoms with Crippen LogP contribution in [0.5, 0.6) is 0 Å². The Labute approximate surface area is 147 Å². The molecule has 3 aromatic rings. The van der Waals surface area contributed by atoms with Crippen LogP contribution in [0.15, 0.2) is 36.7 Å². The third kappa shape index (κ3) is 2.57. The van der Waals surface area contributed by atoms with Crippen LogP contribution in [0.4, 0.5) is 0 Å². The van der Waals surface area contributed by atoms with Gasteiger partial charge in [0.15, 0.2) is 0 Å². The molecule has 0 amide bonds. The first kappa shape index (κ1) is 16.3. The van der Waals surface area contributed by atoms with E-state index in [4.69, 9.17) is 9.31 Å². The second-order valence-corrected chi connectivity index (χ2v) is 7.64. The highest BCUT2D eigenvalue weighted by atomic mass is 16.7. The molecule has 4 rings (SSSR count). The zero-order chi connectivity index (χ0) is 17.8. The molecule has 2 aromatic heterocycles. The molecule has 3 heterocycles. The Morgan fingerprint density at radius 2 is 1.76 bits per heavy atom. The second kappa shape index (κ2) is 5.41. The van der Waals surface area contributed by atoms with Crippen LogP contribution in [0.2, 0.25) is 0 Å². The van der Waals surface area contributed by atoms with Crippen LogP contribution >= 0.6 is 0 Å². The fraction of sp³-hybridized carbons (Fsp3) is 0.368. The van der Waals surface area contributed by atoms with Crippen molar-refractivity contribution in [2.24, 2.45) is 0 Å². The number of H-pyrrole nitrogens is 1. The van der Waals surface area contributed by atoms with Crippen LogP contribution in [0, 0.1) is 6.92 Å². The Balaban J connectivity index is 1.82. The van der Waals surface area contributed by atoms with Crippen molar-refractivity contribution in [3.63, 3.8) is 0 Å². The molecule has 0 saturated carbocycles. The minimum absolute atomic E-state index is 0.370. The van der Waals surface area contributed by atoms with E-state index in [-0.39, 0.29) is 11.2 Å². The van der Waals surface area contributed by atoms with Crippen molar-refractivity contribution in [1.29, 1.82) is 0 Å². The number of rotatable bonds is 2. The molecule has 128 valence electrons. The lowest BCUT2D eigenvalue weighted by Crippen LogP contribution is -2.41. The van der Waals surface area contributed by atoms with Crippen LogP contribution in [-0.4, -0.2) is 33.5 Å². The van der Waals surface area contributed by atoms with Crippen LogP contribution in [-0.2, 0) is 9.31 Å². The van der Waals surface area contributed by atoms with Gasteiger partial charge in [-0.25, -0.2) is 0 Å². The summed E-state index contributed by atoms with van der Waals surface area (Å²) in [5.41, 5.74) is 4.42. The van der Waals surface area contributed by atoms with Crippen LogP contribution in [0.25, 0.3) is 22.0 Å². The van der Waals surface area contributed by atoms with Gasteiger partial charge in [-0.2, -0.15) is 5.10 Å². The third-order valence-corrected chi connectivity index (χ3v) is 5.36. The van der Waals surface area contributed by atoms with E-state index in [1.54, 1.807) is 0 Å². The Bertz CT molecular complexity index is 933. The topological polar surface area (TPSA) is 60.0 Å². The average molecular weight is 335 g/mol. The van der Waals surface area contributed by atoms with Crippen LogP contribution in [0.1, 0.15) is 33.4 Å². The smallest absolute Gasteiger partial charge is 0.399 e. The van der Waals surface area contributed by atoms with Crippen molar-refractivity contribution < 1.29 is 9.31 Å². The summed E-state index contributed by atoms with van der Waals surface area (Å²) in [6.45, 7) is 10.2. The summed E-state index contributed by atoms with van der Waals surface area (Å²) >= 11 is 0. The Hall–Kier alpha value is -2.18. The van der Waals surface area contributed by atoms with Crippen molar-refractivity contribution >= 4 is 23.5 Å². The second-order valence-electron chi connectivity index (χ2n) is 7.64. The van der Waals surface area contributed by atoms with Gasteiger partial charge in [0.1, 0.15) is 0 Å². The van der Waals surface area contributed by atoms with Gasteiger partial charge in [-0.3, -0.25) is 10.1 Å². The Morgan fingerprint density at radius 3 is 2.44 bits per heavy atom. The maximum Gasteiger partial charge on any atom is 0.497 e. The summed E-state index contributed by atoms with van der Waals surface area (Å²) in [5, 5.41) is 8.44. The first-order chi connectivity index (χ1) is 11.8. The molecule has 1 N–H and O–H groups in total. The molecule has 1 fully saturated rings. The number of nitrogens with zero attached hydrogens (tertiary/aromatic N) is 2. The summed E-state index contributed by atoms with van der Waals surface area (Å²) < 4.78 is 12.4. The molecule has 0 radical (unpaired) electrons. The molecule has 1 aromatic carbocycles. The maximum atomic E-state index is 6.21. The number of benzene rings is 1. The maximum absolute atomic E-state index is 6.21. The predicted molar refractivity (Wildman–Crippen MR) is 99.8 cm³/mol. The number of aromatic nitrogens is 3. The Kier molecular flexibility index (Phi) is 3.53. The van der Waals surface area contributed by atoms with Gasteiger partial charge in [-0.05, 0) is 57.9 Å². The van der Waals surface area contributed by atoms with Gasteiger partial charge < -0.3 is 9.31 Å². The monoisotopic (exact) mass is 335 g/mol. The molecule has 0 atom stereocenters. The van der Waals surface area contributed by atoms with Gasteiger partial charge in [-0.15, -0.1) is 0 Å². The summed E-state index contributed by atoms with van der Waals surface area (Å²) in [6, 6.07) is 8.26. The summed E-state index contributed by atoms with van der Waals surface area (Å²) in [7, 11) is -0.416. The standard InChI is InChI=1S/C19H22BN3O2/c1-12-10-13(8-9-21-12)14-6-7-16(17-15(14)11-22-23-17)20-24-18(2,3)19(4,5)25-20/h6-11H,1-5H3,(H,22,23). The zero-order valence-corrected chi connectivity index (χ0v) is 15.3. The molecule has 6 heteroatoms. The quantitative estimate of drug-likeness (QED) is 0.731. The van der Waals surface area contributed by atoms with Gasteiger partial charge in [0, 0.05) is 22.7 Å². The first-order valence-electron chi connectivity index (χ1n) is 8.53. The molecule has 0 spiro atoms. The first-order valence-corrected chi connectivity index (χ1v) is 8.53. The molecule has 1 aliphatic heterocycles. The highest BCUT2D eigenvalue weighted by Crippen LogP contribution is 2.37. The highest BCUT2D eigenvalue weighted by Gasteiger charge is 2.52. The zero-order valence-electron chi connectivity index (χ0n) is 15.3. The molecule has 1 saturated heterocycles. The van der Waals surface area contributed by atoms with Crippen molar-refractivity contribution in [2.45, 2.75) is 45.8 Å². The molecular weight excluding hydrogens is 313 g/mol. The third-order valence-electron chi connectivity index (χ3n) is 5.36. The van der Waals surface area contributed by atoms with E-state index in [2.05, 4.69) is 61.1 Å². The molecule has 0 aliphatic carbocycles. The summed E-state index contributed by atoms with van der Waals surface area (Å²) in [5.74, 6) is 0. The number of nitrogens with one attached hydrogen (secondary N) is 1. The molecular formula is C19H22BN3O2. The normalized spacial score (nSPS) is 18.8. The molecule has 25 heavy (non-hydrogen) atoms. The lowest BCUT2D eigenvalue weighted by molar-refractivity contribution is 0.00578. The molecule has 0 unspecified atom stereocenters. The van der Waals surface area contributed by atoms with E-state index >= 15 is 0 Å². The number of aryl methyl sites for hydroxylation is 1. The molecule has 0 bridgehead atoms. The average Bonchev–Trinajstić information content (AvgIpc) is 3.09. The fourth-order valence-electron chi connectivity index (χ4n) is 3.19. The van der Waals surface area contributed by atoms with Crippen molar-refractivity contribution in [3.8, 4) is 11.1 Å². The van der Waals surface area contributed by atoms with E-state index < -0.39 is 7.12 Å². The summed E-state index contributed by atoms with van der Waals surface area (Å²) in [4.78, 5) is 4.28. The molecule has 5 nitrogen and oxygen atoms in total. The van der Waals surface area contributed by atoms with Gasteiger partial charge in [0.05, 0.1) is 22.9 Å². The summed E-state index contributed by atoms with van der Waals surface area (Å²) in [6.07, 6.45) is 3.69. The predicted octanol–water partition coefficient (Wildman–Crippen LogP) is 3.23. The Morgan fingerprint density at radius 1 is 1.04 bits per heavy atom. The highest BCUT2D eigenvalue weighted by molar-refractivity contribution is 6.65. The van der Waals surface area contributed by atoms with Crippen molar-refractivity contribution in [3.05, 3.63) is 42.4 Å². The largest absolute Gasteiger partial charge is 0.497 e. The lowest BCUT2D eigenvalue weighted by atomic mass is 9.77.